The minimum atomic E-state index is -0.625. The van der Waals surface area contributed by atoms with Gasteiger partial charge in [0.1, 0.15) is 17.3 Å². The van der Waals surface area contributed by atoms with E-state index in [0.29, 0.717) is 17.8 Å². The van der Waals surface area contributed by atoms with Gasteiger partial charge in [-0.3, -0.25) is 4.79 Å². The Morgan fingerprint density at radius 3 is 2.87 bits per heavy atom. The lowest BCUT2D eigenvalue weighted by Crippen LogP contribution is -2.26. The Kier molecular flexibility index (Phi) is 4.25. The molecule has 0 unspecified atom stereocenters. The maximum Gasteiger partial charge on any atom is 0.268 e. The summed E-state index contributed by atoms with van der Waals surface area (Å²) in [5.74, 6) is -1.50. The highest BCUT2D eigenvalue weighted by molar-refractivity contribution is 7.17. The molecule has 0 bridgehead atoms. The quantitative estimate of drug-likeness (QED) is 0.706. The molecule has 0 spiro atoms. The molecule has 0 radical (unpaired) electrons. The molecule has 3 nitrogen and oxygen atoms in total. The fraction of sp³-hybridized carbons (Fsp3) is 0.118. The van der Waals surface area contributed by atoms with Gasteiger partial charge in [-0.2, -0.15) is 0 Å². The summed E-state index contributed by atoms with van der Waals surface area (Å²) >= 11 is 1.51. The number of hydrogen-bond acceptors (Lipinski definition) is 2. The summed E-state index contributed by atoms with van der Waals surface area (Å²) in [6.07, 6.45) is 1.59. The van der Waals surface area contributed by atoms with Crippen molar-refractivity contribution < 1.29 is 13.6 Å². The van der Waals surface area contributed by atoms with E-state index < -0.39 is 11.6 Å². The highest BCUT2D eigenvalue weighted by atomic mass is 32.1. The second-order valence-corrected chi connectivity index (χ2v) is 5.97. The molecule has 1 aromatic carbocycles. The van der Waals surface area contributed by atoms with E-state index in [0.717, 1.165) is 16.3 Å². The van der Waals surface area contributed by atoms with Crippen LogP contribution in [-0.2, 0) is 6.54 Å². The molecule has 1 amide bonds. The van der Waals surface area contributed by atoms with Crippen LogP contribution in [0.15, 0.2) is 48.4 Å². The Balaban J connectivity index is 2.02. The first-order chi connectivity index (χ1) is 11.1. The van der Waals surface area contributed by atoms with Crippen molar-refractivity contribution in [1.82, 2.24) is 9.88 Å². The molecule has 0 aliphatic rings. The Morgan fingerprint density at radius 2 is 2.13 bits per heavy atom. The van der Waals surface area contributed by atoms with Crippen LogP contribution in [0.3, 0.4) is 0 Å². The average molecular weight is 332 g/mol. The molecule has 3 aromatic rings. The summed E-state index contributed by atoms with van der Waals surface area (Å²) < 4.78 is 29.7. The number of thiophene rings is 1. The maximum atomic E-state index is 13.9. The summed E-state index contributed by atoms with van der Waals surface area (Å²) in [6.45, 7) is 4.07. The van der Waals surface area contributed by atoms with Crippen molar-refractivity contribution in [3.63, 3.8) is 0 Å². The summed E-state index contributed by atoms with van der Waals surface area (Å²) in [5, 5.41) is 4.63. The van der Waals surface area contributed by atoms with Crippen LogP contribution < -0.4 is 5.32 Å². The van der Waals surface area contributed by atoms with Gasteiger partial charge in [0.15, 0.2) is 0 Å². The van der Waals surface area contributed by atoms with Crippen LogP contribution in [0, 0.1) is 11.6 Å². The van der Waals surface area contributed by atoms with Gasteiger partial charge in [0, 0.05) is 18.2 Å². The zero-order chi connectivity index (χ0) is 16.4. The monoisotopic (exact) mass is 332 g/mol. The zero-order valence-corrected chi connectivity index (χ0v) is 13.0. The predicted molar refractivity (Wildman–Crippen MR) is 87.8 cm³/mol. The van der Waals surface area contributed by atoms with Crippen LogP contribution in [0.1, 0.15) is 16.1 Å². The van der Waals surface area contributed by atoms with E-state index in [4.69, 9.17) is 0 Å². The van der Waals surface area contributed by atoms with Crippen molar-refractivity contribution in [2.24, 2.45) is 0 Å². The van der Waals surface area contributed by atoms with Crippen molar-refractivity contribution in [1.29, 1.82) is 0 Å². The molecule has 2 aromatic heterocycles. The zero-order valence-electron chi connectivity index (χ0n) is 12.2. The third-order valence-electron chi connectivity index (χ3n) is 3.51. The first-order valence-electron chi connectivity index (χ1n) is 7.00. The van der Waals surface area contributed by atoms with E-state index in [1.165, 1.54) is 23.5 Å². The molecule has 23 heavy (non-hydrogen) atoms. The van der Waals surface area contributed by atoms with Gasteiger partial charge in [-0.15, -0.1) is 17.9 Å². The van der Waals surface area contributed by atoms with Crippen molar-refractivity contribution in [2.45, 2.75) is 6.54 Å². The summed E-state index contributed by atoms with van der Waals surface area (Å²) in [5.41, 5.74) is 1.62. The molecule has 0 saturated carbocycles. The minimum absolute atomic E-state index is 0.156. The van der Waals surface area contributed by atoms with Gasteiger partial charge >= 0.3 is 0 Å². The van der Waals surface area contributed by atoms with Crippen molar-refractivity contribution >= 4 is 27.5 Å². The summed E-state index contributed by atoms with van der Waals surface area (Å²) in [7, 11) is 0. The van der Waals surface area contributed by atoms with Gasteiger partial charge < -0.3 is 9.88 Å². The molecule has 0 atom stereocenters. The first-order valence-corrected chi connectivity index (χ1v) is 7.88. The number of nitrogens with zero attached hydrogens (tertiary/aromatic N) is 1. The van der Waals surface area contributed by atoms with Crippen LogP contribution in [-0.4, -0.2) is 17.0 Å². The Labute approximate surface area is 135 Å². The van der Waals surface area contributed by atoms with E-state index in [2.05, 4.69) is 11.9 Å². The van der Waals surface area contributed by atoms with Gasteiger partial charge in [0.2, 0.25) is 0 Å². The molecule has 1 N–H and O–H groups in total. The average Bonchev–Trinajstić information content (AvgIpc) is 3.09. The molecule has 0 fully saturated rings. The van der Waals surface area contributed by atoms with Gasteiger partial charge in [-0.25, -0.2) is 8.78 Å². The fourth-order valence-electron chi connectivity index (χ4n) is 2.41. The van der Waals surface area contributed by atoms with Crippen molar-refractivity contribution in [3.05, 3.63) is 71.3 Å². The van der Waals surface area contributed by atoms with E-state index in [9.17, 15) is 13.6 Å². The van der Waals surface area contributed by atoms with E-state index in [1.807, 2.05) is 11.4 Å². The van der Waals surface area contributed by atoms with Crippen LogP contribution in [0.2, 0.25) is 0 Å². The molecule has 3 rings (SSSR count). The highest BCUT2D eigenvalue weighted by Gasteiger charge is 2.17. The third kappa shape index (κ3) is 3.03. The topological polar surface area (TPSA) is 34.0 Å². The van der Waals surface area contributed by atoms with Gasteiger partial charge in [0.25, 0.3) is 5.91 Å². The van der Waals surface area contributed by atoms with Gasteiger partial charge in [-0.1, -0.05) is 12.1 Å². The molecular formula is C17H14F2N2OS. The van der Waals surface area contributed by atoms with Crippen LogP contribution >= 0.6 is 11.3 Å². The molecule has 0 aliphatic carbocycles. The standard InChI is InChI=1S/C17H14F2N2OS/c1-2-6-20-17(22)15-9-16-14(5-7-23-16)21(15)10-11-3-4-12(18)8-13(11)19/h2-5,7-9H,1,6,10H2,(H,20,22). The predicted octanol–water partition coefficient (Wildman–Crippen LogP) is 3.95. The summed E-state index contributed by atoms with van der Waals surface area (Å²) in [6, 6.07) is 7.12. The number of amides is 1. The Bertz CT molecular complexity index is 882. The van der Waals surface area contributed by atoms with Crippen molar-refractivity contribution in [2.75, 3.05) is 6.54 Å². The number of aromatic nitrogens is 1. The number of rotatable bonds is 5. The lowest BCUT2D eigenvalue weighted by Gasteiger charge is -2.11. The van der Waals surface area contributed by atoms with Crippen LogP contribution in [0.4, 0.5) is 8.78 Å². The smallest absolute Gasteiger partial charge is 0.268 e. The van der Waals surface area contributed by atoms with E-state index >= 15 is 0 Å². The lowest BCUT2D eigenvalue weighted by molar-refractivity contribution is 0.0949. The van der Waals surface area contributed by atoms with Crippen LogP contribution in [0.25, 0.3) is 10.2 Å². The number of nitrogens with one attached hydrogen (secondary N) is 1. The fourth-order valence-corrected chi connectivity index (χ4v) is 3.23. The number of benzene rings is 1. The molecule has 6 heteroatoms. The van der Waals surface area contributed by atoms with E-state index in [1.54, 1.807) is 16.7 Å². The second-order valence-electron chi connectivity index (χ2n) is 5.02. The molecule has 0 aliphatic heterocycles. The number of carbonyl (C=O) groups excluding carboxylic acids is 1. The number of halogens is 2. The largest absolute Gasteiger partial charge is 0.347 e. The maximum absolute atomic E-state index is 13.9. The second kappa shape index (κ2) is 6.34. The normalized spacial score (nSPS) is 10.9. The van der Waals surface area contributed by atoms with Gasteiger partial charge in [-0.05, 0) is 23.6 Å². The Morgan fingerprint density at radius 1 is 1.30 bits per heavy atom. The van der Waals surface area contributed by atoms with Crippen molar-refractivity contribution in [3.8, 4) is 0 Å². The SMILES string of the molecule is C=CCNC(=O)c1cc2sccc2n1Cc1ccc(F)cc1F. The van der Waals surface area contributed by atoms with Crippen LogP contribution in [0.5, 0.6) is 0 Å². The highest BCUT2D eigenvalue weighted by Crippen LogP contribution is 2.26. The Hall–Kier alpha value is -2.47. The molecule has 0 saturated heterocycles. The van der Waals surface area contributed by atoms with Gasteiger partial charge in [0.05, 0.1) is 16.8 Å². The molecular weight excluding hydrogens is 318 g/mol. The first kappa shape index (κ1) is 15.4. The van der Waals surface area contributed by atoms with E-state index in [-0.39, 0.29) is 12.5 Å². The minimum Gasteiger partial charge on any atom is -0.347 e. The number of hydrogen-bond donors (Lipinski definition) is 1. The molecule has 118 valence electrons. The lowest BCUT2D eigenvalue weighted by atomic mass is 10.2. The third-order valence-corrected chi connectivity index (χ3v) is 4.36. The number of fused-ring (bicyclic) bond motifs is 1. The summed E-state index contributed by atoms with van der Waals surface area (Å²) in [4.78, 5) is 12.3. The molecule has 2 heterocycles. The number of carbonyl (C=O) groups is 1.